The first kappa shape index (κ1) is 29.5. The van der Waals surface area contributed by atoms with Crippen molar-refractivity contribution < 1.29 is 36.6 Å². The van der Waals surface area contributed by atoms with Gasteiger partial charge < -0.3 is 15.0 Å². The second-order valence-corrected chi connectivity index (χ2v) is 10.5. The highest BCUT2D eigenvalue weighted by Gasteiger charge is 2.31. The maximum atomic E-state index is 14.3. The van der Waals surface area contributed by atoms with Gasteiger partial charge in [-0.2, -0.15) is 13.2 Å². The van der Waals surface area contributed by atoms with Gasteiger partial charge in [0, 0.05) is 30.1 Å². The highest BCUT2D eigenvalue weighted by molar-refractivity contribution is 6.08. The second kappa shape index (κ2) is 11.5. The highest BCUT2D eigenvalue weighted by atomic mass is 19.4. The lowest BCUT2D eigenvalue weighted by atomic mass is 9.98. The maximum Gasteiger partial charge on any atom is 0.416 e. The Balaban J connectivity index is 1.41. The third-order valence-corrected chi connectivity index (χ3v) is 7.39. The van der Waals surface area contributed by atoms with Crippen molar-refractivity contribution in [3.8, 4) is 11.1 Å². The molecule has 2 aromatic heterocycles. The summed E-state index contributed by atoms with van der Waals surface area (Å²) in [4.78, 5) is 29.0. The predicted molar refractivity (Wildman–Crippen MR) is 158 cm³/mol. The third-order valence-electron chi connectivity index (χ3n) is 7.39. The van der Waals surface area contributed by atoms with Crippen molar-refractivity contribution in [1.82, 2.24) is 14.9 Å². The Morgan fingerprint density at radius 2 is 1.53 bits per heavy atom. The Morgan fingerprint density at radius 1 is 0.800 bits per heavy atom. The molecular formula is C34H22F5N3O3. The van der Waals surface area contributed by atoms with Gasteiger partial charge in [0.05, 0.1) is 33.9 Å². The van der Waals surface area contributed by atoms with Gasteiger partial charge >= 0.3 is 12.1 Å². The number of amides is 1. The molecule has 6 nitrogen and oxygen atoms in total. The summed E-state index contributed by atoms with van der Waals surface area (Å²) in [7, 11) is 0. The number of halogens is 5. The van der Waals surface area contributed by atoms with Crippen LogP contribution >= 0.6 is 0 Å². The van der Waals surface area contributed by atoms with E-state index in [1.807, 2.05) is 0 Å². The summed E-state index contributed by atoms with van der Waals surface area (Å²) >= 11 is 0. The fourth-order valence-electron chi connectivity index (χ4n) is 5.22. The Kier molecular flexibility index (Phi) is 7.53. The van der Waals surface area contributed by atoms with Gasteiger partial charge in [0.15, 0.2) is 0 Å². The van der Waals surface area contributed by atoms with Gasteiger partial charge in [-0.05, 0) is 82.9 Å². The van der Waals surface area contributed by atoms with E-state index in [1.54, 1.807) is 53.2 Å². The van der Waals surface area contributed by atoms with E-state index < -0.39 is 35.3 Å². The molecule has 11 heteroatoms. The number of pyridine rings is 1. The van der Waals surface area contributed by atoms with E-state index in [-0.39, 0.29) is 35.3 Å². The molecule has 0 aliphatic rings. The molecule has 0 saturated heterocycles. The standard InChI is InChI=1S/C34H22F5N3O3/c35-27-13-25(11-26(15-27)34(37,38)39)24-10-23-7-8-42(18-20-3-6-22-12-28(36)17-40-30(22)9-20)31(23)29(14-24)32(43)41-16-19-1-4-21(5-2-19)33(44)45/h1-15,17H,16,18H2,(H,41,43)(H,44,45). The van der Waals surface area contributed by atoms with E-state index >= 15 is 0 Å². The normalized spacial score (nSPS) is 11.7. The summed E-state index contributed by atoms with van der Waals surface area (Å²) in [6.07, 6.45) is -1.93. The number of carbonyl (C=O) groups is 2. The maximum absolute atomic E-state index is 14.3. The molecule has 0 fully saturated rings. The SMILES string of the molecule is O=C(O)c1ccc(CNC(=O)c2cc(-c3cc(F)cc(C(F)(F)F)c3)cc3ccn(Cc4ccc5cc(F)cnc5c4)c23)cc1. The van der Waals surface area contributed by atoms with Crippen molar-refractivity contribution in [2.24, 2.45) is 0 Å². The summed E-state index contributed by atoms with van der Waals surface area (Å²) < 4.78 is 70.2. The number of alkyl halides is 3. The third kappa shape index (κ3) is 6.23. The lowest BCUT2D eigenvalue weighted by Gasteiger charge is -2.14. The van der Waals surface area contributed by atoms with Crippen LogP contribution in [0.1, 0.15) is 37.4 Å². The average molecular weight is 616 g/mol. The van der Waals surface area contributed by atoms with Gasteiger partial charge in [-0.3, -0.25) is 9.78 Å². The van der Waals surface area contributed by atoms with Crippen LogP contribution in [-0.2, 0) is 19.3 Å². The minimum Gasteiger partial charge on any atom is -0.478 e. The first-order valence-electron chi connectivity index (χ1n) is 13.6. The van der Waals surface area contributed by atoms with Crippen LogP contribution in [0.5, 0.6) is 0 Å². The van der Waals surface area contributed by atoms with Crippen molar-refractivity contribution in [3.63, 3.8) is 0 Å². The minimum absolute atomic E-state index is 0.0379. The molecule has 0 atom stereocenters. The highest BCUT2D eigenvalue weighted by Crippen LogP contribution is 2.35. The lowest BCUT2D eigenvalue weighted by molar-refractivity contribution is -0.137. The number of benzene rings is 4. The molecule has 0 radical (unpaired) electrons. The zero-order valence-corrected chi connectivity index (χ0v) is 23.2. The fourth-order valence-corrected chi connectivity index (χ4v) is 5.22. The number of carbonyl (C=O) groups excluding carboxylic acids is 1. The smallest absolute Gasteiger partial charge is 0.416 e. The van der Waals surface area contributed by atoms with Crippen molar-refractivity contribution in [1.29, 1.82) is 0 Å². The summed E-state index contributed by atoms with van der Waals surface area (Å²) in [5, 5.41) is 13.1. The van der Waals surface area contributed by atoms with E-state index in [4.69, 9.17) is 5.11 Å². The van der Waals surface area contributed by atoms with Crippen LogP contribution < -0.4 is 5.32 Å². The summed E-state index contributed by atoms with van der Waals surface area (Å²) in [6, 6.07) is 19.6. The Hall–Kier alpha value is -5.58. The molecule has 0 unspecified atom stereocenters. The second-order valence-electron chi connectivity index (χ2n) is 10.5. The van der Waals surface area contributed by atoms with Crippen LogP contribution in [0, 0.1) is 11.6 Å². The largest absolute Gasteiger partial charge is 0.478 e. The van der Waals surface area contributed by atoms with Gasteiger partial charge in [0.25, 0.3) is 5.91 Å². The Morgan fingerprint density at radius 3 is 2.27 bits per heavy atom. The summed E-state index contributed by atoms with van der Waals surface area (Å²) in [6.45, 7) is 0.323. The fraction of sp³-hybridized carbons (Fsp3) is 0.0882. The molecular weight excluding hydrogens is 593 g/mol. The molecule has 0 aliphatic heterocycles. The number of hydrogen-bond donors (Lipinski definition) is 2. The molecule has 0 aliphatic carbocycles. The van der Waals surface area contributed by atoms with Crippen LogP contribution in [-0.4, -0.2) is 26.5 Å². The lowest BCUT2D eigenvalue weighted by Crippen LogP contribution is -2.23. The van der Waals surface area contributed by atoms with Gasteiger partial charge in [-0.25, -0.2) is 13.6 Å². The number of carboxylic acids is 1. The molecule has 6 rings (SSSR count). The van der Waals surface area contributed by atoms with E-state index in [9.17, 15) is 31.5 Å². The molecule has 226 valence electrons. The van der Waals surface area contributed by atoms with Crippen molar-refractivity contribution in [2.45, 2.75) is 19.3 Å². The van der Waals surface area contributed by atoms with Crippen molar-refractivity contribution in [3.05, 3.63) is 137 Å². The number of carboxylic acid groups (broad SMARTS) is 1. The first-order valence-corrected chi connectivity index (χ1v) is 13.6. The summed E-state index contributed by atoms with van der Waals surface area (Å²) in [5.41, 5.74) is 1.69. The molecule has 0 bridgehead atoms. The van der Waals surface area contributed by atoms with E-state index in [2.05, 4.69) is 10.3 Å². The topological polar surface area (TPSA) is 84.2 Å². The Labute approximate surface area is 252 Å². The van der Waals surface area contributed by atoms with Crippen molar-refractivity contribution >= 4 is 33.7 Å². The number of aromatic carboxylic acids is 1. The van der Waals surface area contributed by atoms with Gasteiger partial charge in [-0.1, -0.05) is 24.3 Å². The molecule has 0 saturated carbocycles. The van der Waals surface area contributed by atoms with E-state index in [1.165, 1.54) is 24.3 Å². The van der Waals surface area contributed by atoms with Gasteiger partial charge in [0.1, 0.15) is 11.6 Å². The van der Waals surface area contributed by atoms with Crippen molar-refractivity contribution in [2.75, 3.05) is 0 Å². The monoisotopic (exact) mass is 615 g/mol. The molecule has 45 heavy (non-hydrogen) atoms. The van der Waals surface area contributed by atoms with Crippen LogP contribution in [0.15, 0.2) is 97.3 Å². The summed E-state index contributed by atoms with van der Waals surface area (Å²) in [5.74, 6) is -3.17. The molecule has 4 aromatic carbocycles. The van der Waals surface area contributed by atoms with Gasteiger partial charge in [-0.15, -0.1) is 0 Å². The number of fused-ring (bicyclic) bond motifs is 2. The first-order chi connectivity index (χ1) is 21.4. The van der Waals surface area contributed by atoms with Gasteiger partial charge in [0.2, 0.25) is 0 Å². The van der Waals surface area contributed by atoms with E-state index in [0.29, 0.717) is 33.4 Å². The number of nitrogens with zero attached hydrogens (tertiary/aromatic N) is 2. The molecule has 2 N–H and O–H groups in total. The van der Waals surface area contributed by atoms with Crippen LogP contribution in [0.3, 0.4) is 0 Å². The van der Waals surface area contributed by atoms with Crippen LogP contribution in [0.25, 0.3) is 32.9 Å². The molecule has 2 heterocycles. The van der Waals surface area contributed by atoms with E-state index in [0.717, 1.165) is 23.9 Å². The number of nitrogens with one attached hydrogen (secondary N) is 1. The number of rotatable bonds is 7. The zero-order valence-electron chi connectivity index (χ0n) is 23.2. The number of aromatic nitrogens is 2. The molecule has 6 aromatic rings. The predicted octanol–water partition coefficient (Wildman–Crippen LogP) is 7.83. The molecule has 1 amide bonds. The Bertz CT molecular complexity index is 2100. The van der Waals surface area contributed by atoms with Crippen LogP contribution in [0.2, 0.25) is 0 Å². The quantitative estimate of drug-likeness (QED) is 0.179. The average Bonchev–Trinajstić information content (AvgIpc) is 3.41. The minimum atomic E-state index is -4.78. The number of hydrogen-bond acceptors (Lipinski definition) is 3. The molecule has 0 spiro atoms. The van der Waals surface area contributed by atoms with Crippen LogP contribution in [0.4, 0.5) is 22.0 Å². The zero-order chi connectivity index (χ0) is 31.9.